The van der Waals surface area contributed by atoms with Gasteiger partial charge in [-0.2, -0.15) is 0 Å². The number of aromatic carboxylic acids is 2. The van der Waals surface area contributed by atoms with Crippen molar-refractivity contribution in [2.45, 2.75) is 93.3 Å². The Labute approximate surface area is 380 Å². The molecule has 0 unspecified atom stereocenters. The van der Waals surface area contributed by atoms with E-state index in [1.54, 1.807) is 48.5 Å². The minimum atomic E-state index is -0.963. The third-order valence-corrected chi connectivity index (χ3v) is 17.7. The summed E-state index contributed by atoms with van der Waals surface area (Å²) in [4.78, 5) is 23.2. The van der Waals surface area contributed by atoms with Gasteiger partial charge in [0.25, 0.3) is 0 Å². The average molecular weight is 859 g/mol. The Morgan fingerprint density at radius 1 is 0.385 bits per heavy atom. The summed E-state index contributed by atoms with van der Waals surface area (Å²) in [5.74, 6) is 5.62. The van der Waals surface area contributed by atoms with Crippen LogP contribution in [-0.4, -0.2) is 22.2 Å². The molecule has 65 heavy (non-hydrogen) atoms. The second-order valence-electron chi connectivity index (χ2n) is 21.6. The Balaban J connectivity index is 0.984. The first-order valence-corrected chi connectivity index (χ1v) is 24.2. The summed E-state index contributed by atoms with van der Waals surface area (Å²) < 4.78 is 12.7. The van der Waals surface area contributed by atoms with E-state index in [4.69, 9.17) is 9.47 Å². The van der Waals surface area contributed by atoms with Crippen molar-refractivity contribution in [3.8, 4) is 34.1 Å². The topological polar surface area (TPSA) is 93.1 Å². The minimum absolute atomic E-state index is 0.219. The molecule has 15 rings (SSSR count). The van der Waals surface area contributed by atoms with Crippen LogP contribution in [0, 0.1) is 35.5 Å². The fourth-order valence-electron chi connectivity index (χ4n) is 15.8. The van der Waals surface area contributed by atoms with Gasteiger partial charge in [-0.05, 0) is 241 Å². The van der Waals surface area contributed by atoms with Crippen molar-refractivity contribution < 1.29 is 29.3 Å². The predicted molar refractivity (Wildman–Crippen MR) is 250 cm³/mol. The highest BCUT2D eigenvalue weighted by molar-refractivity contribution is 5.89. The molecule has 6 heteroatoms. The molecule has 326 valence electrons. The number of rotatable bonds is 10. The van der Waals surface area contributed by atoms with Crippen molar-refractivity contribution in [2.24, 2.45) is 35.5 Å². The maximum atomic E-state index is 11.6. The van der Waals surface area contributed by atoms with Crippen LogP contribution in [0.2, 0.25) is 0 Å². The van der Waals surface area contributed by atoms with Crippen molar-refractivity contribution in [1.29, 1.82) is 0 Å². The molecular formula is C59H54O6. The minimum Gasteiger partial charge on any atom is -0.478 e. The predicted octanol–water partition coefficient (Wildman–Crippen LogP) is 14.0. The molecule has 0 amide bonds. The van der Waals surface area contributed by atoms with E-state index in [2.05, 4.69) is 84.9 Å². The van der Waals surface area contributed by atoms with Crippen LogP contribution in [0.5, 0.6) is 23.0 Å². The Bertz CT molecular complexity index is 2600. The van der Waals surface area contributed by atoms with Gasteiger partial charge in [-0.3, -0.25) is 0 Å². The van der Waals surface area contributed by atoms with E-state index in [0.29, 0.717) is 23.0 Å². The van der Waals surface area contributed by atoms with Crippen molar-refractivity contribution in [3.63, 3.8) is 0 Å². The molecule has 0 atom stereocenters. The number of benzene rings is 6. The Morgan fingerprint density at radius 2 is 0.662 bits per heavy atom. The molecule has 6 aromatic carbocycles. The number of hydrogen-bond acceptors (Lipinski definition) is 4. The molecule has 0 aromatic heterocycles. The molecule has 0 saturated heterocycles. The molecule has 9 aliphatic rings. The number of fused-ring (bicyclic) bond motifs is 3. The van der Waals surface area contributed by atoms with Crippen molar-refractivity contribution >= 4 is 11.9 Å². The van der Waals surface area contributed by atoms with Gasteiger partial charge in [-0.1, -0.05) is 60.7 Å². The SMILES string of the molecule is O=C(O)c1ccc(Oc2ccc(C3(c4ccc(Oc5ccc(C(=O)O)cc5)cc4)c4cc(C56CC7CC(CC(C7)C5)C6)ccc4-c4ccc(C56CC7CC(CC(C7)C5)C6)cc43)cc2)cc1. The molecule has 9 aliphatic carbocycles. The fraction of sp³-hybridized carbons (Fsp3) is 0.356. The lowest BCUT2D eigenvalue weighted by molar-refractivity contribution is -0.00530. The van der Waals surface area contributed by atoms with Gasteiger partial charge >= 0.3 is 11.9 Å². The lowest BCUT2D eigenvalue weighted by Gasteiger charge is -2.57. The van der Waals surface area contributed by atoms with Gasteiger partial charge in [0.2, 0.25) is 0 Å². The number of carboxylic acid groups (broad SMARTS) is 2. The zero-order chi connectivity index (χ0) is 43.7. The number of hydrogen-bond donors (Lipinski definition) is 2. The van der Waals surface area contributed by atoms with E-state index >= 15 is 0 Å². The average Bonchev–Trinajstić information content (AvgIpc) is 3.59. The van der Waals surface area contributed by atoms with Gasteiger partial charge in [0, 0.05) is 0 Å². The number of carboxylic acids is 2. The maximum absolute atomic E-state index is 11.6. The summed E-state index contributed by atoms with van der Waals surface area (Å²) in [7, 11) is 0. The van der Waals surface area contributed by atoms with Crippen molar-refractivity contribution in [1.82, 2.24) is 0 Å². The number of carbonyl (C=O) groups is 2. The van der Waals surface area contributed by atoms with Crippen LogP contribution in [-0.2, 0) is 16.2 Å². The van der Waals surface area contributed by atoms with Crippen LogP contribution in [0.4, 0.5) is 0 Å². The Hall–Kier alpha value is -6.14. The van der Waals surface area contributed by atoms with Crippen molar-refractivity contribution in [3.05, 3.63) is 178 Å². The first kappa shape index (κ1) is 39.2. The summed E-state index contributed by atoms with van der Waals surface area (Å²) in [5, 5.41) is 19.0. The van der Waals surface area contributed by atoms with Crippen LogP contribution in [0.15, 0.2) is 133 Å². The van der Waals surface area contributed by atoms with E-state index in [1.165, 1.54) is 122 Å². The zero-order valence-electron chi connectivity index (χ0n) is 36.7. The molecule has 8 saturated carbocycles. The van der Waals surface area contributed by atoms with Crippen molar-refractivity contribution in [2.75, 3.05) is 0 Å². The highest BCUT2D eigenvalue weighted by Crippen LogP contribution is 2.65. The quantitative estimate of drug-likeness (QED) is 0.142. The first-order chi connectivity index (χ1) is 31.6. The third-order valence-electron chi connectivity index (χ3n) is 17.7. The summed E-state index contributed by atoms with van der Waals surface area (Å²) in [6, 6.07) is 45.7. The van der Waals surface area contributed by atoms with E-state index < -0.39 is 17.4 Å². The molecule has 8 bridgehead atoms. The number of ether oxygens (including phenoxy) is 2. The molecule has 0 spiro atoms. The second-order valence-corrected chi connectivity index (χ2v) is 21.6. The highest BCUT2D eigenvalue weighted by Gasteiger charge is 2.55. The lowest BCUT2D eigenvalue weighted by Crippen LogP contribution is -2.48. The molecule has 0 heterocycles. The van der Waals surface area contributed by atoms with Gasteiger partial charge in [-0.25, -0.2) is 9.59 Å². The van der Waals surface area contributed by atoms with Crippen LogP contribution in [0.1, 0.15) is 131 Å². The third kappa shape index (κ3) is 6.26. The Morgan fingerprint density at radius 3 is 0.954 bits per heavy atom. The lowest BCUT2D eigenvalue weighted by atomic mass is 9.47. The molecule has 0 radical (unpaired) electrons. The van der Waals surface area contributed by atoms with Crippen LogP contribution in [0.25, 0.3) is 11.1 Å². The smallest absolute Gasteiger partial charge is 0.335 e. The summed E-state index contributed by atoms with van der Waals surface area (Å²) >= 11 is 0. The maximum Gasteiger partial charge on any atom is 0.335 e. The van der Waals surface area contributed by atoms with E-state index in [1.807, 2.05) is 0 Å². The standard InChI is InChI=1S/C59H54O6/c60-55(61)41-1-11-47(12-2-41)64-49-15-5-43(6-16-49)59(44-7-17-50(18-8-44)65-48-13-3-42(4-14-48)56(62)63)53-27-45(57-29-35-21-36(30-57)23-37(22-35)31-57)9-19-51(53)52-20-10-46(28-54(52)59)58-32-38-24-39(33-58)26-40(25-38)34-58/h1-20,27-28,35-40H,21-26,29-34H2,(H,60,61)(H,62,63). The normalized spacial score (nSPS) is 29.3. The largest absolute Gasteiger partial charge is 0.478 e. The zero-order valence-corrected chi connectivity index (χ0v) is 36.7. The fourth-order valence-corrected chi connectivity index (χ4v) is 15.8. The summed E-state index contributed by atoms with van der Waals surface area (Å²) in [6.45, 7) is 0. The van der Waals surface area contributed by atoms with E-state index in [-0.39, 0.29) is 22.0 Å². The highest BCUT2D eigenvalue weighted by atomic mass is 16.5. The van der Waals surface area contributed by atoms with E-state index in [0.717, 1.165) is 35.5 Å². The summed E-state index contributed by atoms with van der Waals surface area (Å²) in [6.07, 6.45) is 16.2. The second kappa shape index (κ2) is 14.4. The molecule has 8 fully saturated rings. The van der Waals surface area contributed by atoms with Gasteiger partial charge < -0.3 is 19.7 Å². The van der Waals surface area contributed by atoms with Gasteiger partial charge in [0.1, 0.15) is 23.0 Å². The Kier molecular flexibility index (Phi) is 8.71. The summed E-state index contributed by atoms with van der Waals surface area (Å²) in [5.41, 5.74) is 10.9. The molecule has 6 nitrogen and oxygen atoms in total. The van der Waals surface area contributed by atoms with E-state index in [9.17, 15) is 19.8 Å². The van der Waals surface area contributed by atoms with Crippen LogP contribution < -0.4 is 9.47 Å². The monoisotopic (exact) mass is 858 g/mol. The molecule has 2 N–H and O–H groups in total. The van der Waals surface area contributed by atoms with Crippen LogP contribution >= 0.6 is 0 Å². The van der Waals surface area contributed by atoms with Gasteiger partial charge in [0.15, 0.2) is 0 Å². The van der Waals surface area contributed by atoms with Gasteiger partial charge in [0.05, 0.1) is 16.5 Å². The molecule has 0 aliphatic heterocycles. The van der Waals surface area contributed by atoms with Crippen LogP contribution in [0.3, 0.4) is 0 Å². The molecule has 6 aromatic rings. The molecular weight excluding hydrogens is 805 g/mol. The first-order valence-electron chi connectivity index (χ1n) is 24.2. The van der Waals surface area contributed by atoms with Gasteiger partial charge in [-0.15, -0.1) is 0 Å².